The lowest BCUT2D eigenvalue weighted by atomic mass is 10.00. The number of anilines is 1. The van der Waals surface area contributed by atoms with Gasteiger partial charge in [0.2, 0.25) is 5.91 Å². The second kappa shape index (κ2) is 7.55. The number of rotatable bonds is 3. The summed E-state index contributed by atoms with van der Waals surface area (Å²) in [6.45, 7) is 4.42. The zero-order valence-corrected chi connectivity index (χ0v) is 15.9. The smallest absolute Gasteiger partial charge is 0.253 e. The van der Waals surface area contributed by atoms with Gasteiger partial charge in [0.1, 0.15) is 0 Å². The number of piperidine rings is 1. The summed E-state index contributed by atoms with van der Waals surface area (Å²) in [5, 5.41) is 0. The van der Waals surface area contributed by atoms with Crippen LogP contribution in [-0.2, 0) is 11.2 Å². The van der Waals surface area contributed by atoms with Crippen LogP contribution in [0.1, 0.15) is 48.5 Å². The van der Waals surface area contributed by atoms with Crippen molar-refractivity contribution in [2.75, 3.05) is 24.5 Å². The second-order valence-electron chi connectivity index (χ2n) is 7.42. The van der Waals surface area contributed by atoms with Crippen molar-refractivity contribution < 1.29 is 9.59 Å². The molecule has 0 atom stereocenters. The molecule has 4 nitrogen and oxygen atoms in total. The van der Waals surface area contributed by atoms with Crippen molar-refractivity contribution in [3.8, 4) is 11.1 Å². The Bertz CT molecular complexity index is 851. The Labute approximate surface area is 160 Å². The fourth-order valence-electron chi connectivity index (χ4n) is 4.12. The Balaban J connectivity index is 1.53. The fourth-order valence-corrected chi connectivity index (χ4v) is 4.12. The summed E-state index contributed by atoms with van der Waals surface area (Å²) < 4.78 is 0. The van der Waals surface area contributed by atoms with Crippen LogP contribution in [0.3, 0.4) is 0 Å². The molecule has 2 aliphatic heterocycles. The molecule has 4 rings (SSSR count). The number of fused-ring (bicyclic) bond motifs is 1. The first-order chi connectivity index (χ1) is 13.2. The van der Waals surface area contributed by atoms with Gasteiger partial charge in [-0.05, 0) is 66.6 Å². The first-order valence-electron chi connectivity index (χ1n) is 10.0. The third-order valence-corrected chi connectivity index (χ3v) is 5.69. The molecular formula is C23H26N2O2. The Hall–Kier alpha value is -2.62. The minimum atomic E-state index is 0.143. The van der Waals surface area contributed by atoms with Gasteiger partial charge < -0.3 is 9.80 Å². The van der Waals surface area contributed by atoms with Crippen LogP contribution in [0, 0.1) is 0 Å². The Morgan fingerprint density at radius 2 is 1.59 bits per heavy atom. The SMILES string of the molecule is CCC(=O)N1CCc2cc(-c3ccc(C(=O)N4CCCCC4)cc3)ccc21. The molecule has 0 bridgehead atoms. The number of likely N-dealkylation sites (tertiary alicyclic amines) is 1. The van der Waals surface area contributed by atoms with E-state index in [1.807, 2.05) is 41.0 Å². The maximum Gasteiger partial charge on any atom is 0.253 e. The molecule has 2 amide bonds. The summed E-state index contributed by atoms with van der Waals surface area (Å²) in [7, 11) is 0. The molecule has 0 radical (unpaired) electrons. The summed E-state index contributed by atoms with van der Waals surface area (Å²) >= 11 is 0. The predicted molar refractivity (Wildman–Crippen MR) is 108 cm³/mol. The van der Waals surface area contributed by atoms with Crippen molar-refractivity contribution in [2.45, 2.75) is 39.0 Å². The molecule has 1 saturated heterocycles. The predicted octanol–water partition coefficient (Wildman–Crippen LogP) is 4.28. The number of benzene rings is 2. The number of carbonyl (C=O) groups excluding carboxylic acids is 2. The summed E-state index contributed by atoms with van der Waals surface area (Å²) in [6, 6.07) is 14.2. The van der Waals surface area contributed by atoms with E-state index in [0.29, 0.717) is 6.42 Å². The summed E-state index contributed by atoms with van der Waals surface area (Å²) in [4.78, 5) is 28.5. The van der Waals surface area contributed by atoms with Gasteiger partial charge in [-0.1, -0.05) is 25.1 Å². The van der Waals surface area contributed by atoms with Crippen LogP contribution < -0.4 is 4.90 Å². The highest BCUT2D eigenvalue weighted by molar-refractivity contribution is 5.96. The van der Waals surface area contributed by atoms with Gasteiger partial charge in [-0.15, -0.1) is 0 Å². The van der Waals surface area contributed by atoms with E-state index in [1.165, 1.54) is 12.0 Å². The molecule has 27 heavy (non-hydrogen) atoms. The molecule has 2 aromatic carbocycles. The van der Waals surface area contributed by atoms with E-state index < -0.39 is 0 Å². The molecule has 0 N–H and O–H groups in total. The standard InChI is InChI=1S/C23H26N2O2/c1-2-22(26)25-15-12-20-16-19(10-11-21(20)25)17-6-8-18(9-7-17)23(27)24-13-4-3-5-14-24/h6-11,16H,2-5,12-15H2,1H3. The van der Waals surface area contributed by atoms with Crippen molar-refractivity contribution in [1.29, 1.82) is 0 Å². The van der Waals surface area contributed by atoms with Gasteiger partial charge in [0, 0.05) is 37.3 Å². The van der Waals surface area contributed by atoms with Crippen LogP contribution in [0.25, 0.3) is 11.1 Å². The van der Waals surface area contributed by atoms with E-state index in [9.17, 15) is 9.59 Å². The van der Waals surface area contributed by atoms with E-state index >= 15 is 0 Å². The molecule has 4 heteroatoms. The Morgan fingerprint density at radius 3 is 2.30 bits per heavy atom. The van der Waals surface area contributed by atoms with E-state index in [2.05, 4.69) is 18.2 Å². The van der Waals surface area contributed by atoms with E-state index in [-0.39, 0.29) is 11.8 Å². The van der Waals surface area contributed by atoms with Crippen LogP contribution in [-0.4, -0.2) is 36.3 Å². The zero-order valence-electron chi connectivity index (χ0n) is 15.9. The van der Waals surface area contributed by atoms with Crippen molar-refractivity contribution in [1.82, 2.24) is 4.90 Å². The number of amides is 2. The quantitative estimate of drug-likeness (QED) is 0.818. The molecule has 0 aliphatic carbocycles. The highest BCUT2D eigenvalue weighted by Gasteiger charge is 2.24. The lowest BCUT2D eigenvalue weighted by Gasteiger charge is -2.26. The maximum absolute atomic E-state index is 12.6. The van der Waals surface area contributed by atoms with Crippen molar-refractivity contribution in [3.05, 3.63) is 53.6 Å². The number of hydrogen-bond acceptors (Lipinski definition) is 2. The van der Waals surface area contributed by atoms with Crippen LogP contribution in [0.2, 0.25) is 0 Å². The van der Waals surface area contributed by atoms with Gasteiger partial charge in [-0.2, -0.15) is 0 Å². The Morgan fingerprint density at radius 1 is 0.889 bits per heavy atom. The molecule has 2 heterocycles. The molecule has 0 saturated carbocycles. The lowest BCUT2D eigenvalue weighted by Crippen LogP contribution is -2.35. The van der Waals surface area contributed by atoms with Crippen LogP contribution in [0.4, 0.5) is 5.69 Å². The van der Waals surface area contributed by atoms with Crippen LogP contribution >= 0.6 is 0 Å². The van der Waals surface area contributed by atoms with E-state index in [0.717, 1.165) is 61.3 Å². The van der Waals surface area contributed by atoms with Crippen molar-refractivity contribution >= 4 is 17.5 Å². The topological polar surface area (TPSA) is 40.6 Å². The molecule has 0 spiro atoms. The second-order valence-corrected chi connectivity index (χ2v) is 7.42. The van der Waals surface area contributed by atoms with Crippen molar-refractivity contribution in [3.63, 3.8) is 0 Å². The average Bonchev–Trinajstić information content (AvgIpc) is 3.16. The molecule has 140 valence electrons. The fraction of sp³-hybridized carbons (Fsp3) is 0.391. The minimum absolute atomic E-state index is 0.143. The normalized spacial score (nSPS) is 16.3. The van der Waals surface area contributed by atoms with Gasteiger partial charge >= 0.3 is 0 Å². The minimum Gasteiger partial charge on any atom is -0.339 e. The number of nitrogens with zero attached hydrogens (tertiary/aromatic N) is 2. The molecule has 2 aromatic rings. The number of carbonyl (C=O) groups is 2. The third kappa shape index (κ3) is 3.48. The lowest BCUT2D eigenvalue weighted by molar-refractivity contribution is -0.118. The Kier molecular flexibility index (Phi) is 4.97. The maximum atomic E-state index is 12.6. The molecule has 0 aromatic heterocycles. The summed E-state index contributed by atoms with van der Waals surface area (Å²) in [6.07, 6.45) is 4.88. The van der Waals surface area contributed by atoms with E-state index in [1.54, 1.807) is 0 Å². The first kappa shape index (κ1) is 17.8. The monoisotopic (exact) mass is 362 g/mol. The van der Waals surface area contributed by atoms with Gasteiger partial charge in [0.25, 0.3) is 5.91 Å². The molecular weight excluding hydrogens is 336 g/mol. The van der Waals surface area contributed by atoms with Crippen LogP contribution in [0.15, 0.2) is 42.5 Å². The van der Waals surface area contributed by atoms with Gasteiger partial charge in [-0.25, -0.2) is 0 Å². The molecule has 0 unspecified atom stereocenters. The van der Waals surface area contributed by atoms with Crippen molar-refractivity contribution in [2.24, 2.45) is 0 Å². The zero-order chi connectivity index (χ0) is 18.8. The van der Waals surface area contributed by atoms with Gasteiger partial charge in [0.15, 0.2) is 0 Å². The largest absolute Gasteiger partial charge is 0.339 e. The molecule has 2 aliphatic rings. The summed E-state index contributed by atoms with van der Waals surface area (Å²) in [5.74, 6) is 0.325. The summed E-state index contributed by atoms with van der Waals surface area (Å²) in [5.41, 5.74) is 5.27. The van der Waals surface area contributed by atoms with Crippen LogP contribution in [0.5, 0.6) is 0 Å². The van der Waals surface area contributed by atoms with Gasteiger partial charge in [0.05, 0.1) is 0 Å². The average molecular weight is 362 g/mol. The third-order valence-electron chi connectivity index (χ3n) is 5.69. The first-order valence-corrected chi connectivity index (χ1v) is 10.0. The highest BCUT2D eigenvalue weighted by atomic mass is 16.2. The highest BCUT2D eigenvalue weighted by Crippen LogP contribution is 2.33. The van der Waals surface area contributed by atoms with E-state index in [4.69, 9.17) is 0 Å². The number of hydrogen-bond donors (Lipinski definition) is 0. The van der Waals surface area contributed by atoms with Gasteiger partial charge in [-0.3, -0.25) is 9.59 Å². The molecule has 1 fully saturated rings.